The van der Waals surface area contributed by atoms with Crippen LogP contribution < -0.4 is 15.4 Å². The molecule has 8 heteroatoms. The Kier molecular flexibility index (Phi) is 8.09. The minimum atomic E-state index is -0.0868. The second kappa shape index (κ2) is 10.8. The molecule has 1 saturated carbocycles. The highest BCUT2D eigenvalue weighted by Gasteiger charge is 2.23. The molecule has 5 nitrogen and oxygen atoms in total. The van der Waals surface area contributed by atoms with Crippen molar-refractivity contribution >= 4 is 46.8 Å². The van der Waals surface area contributed by atoms with Gasteiger partial charge in [0.1, 0.15) is 5.75 Å². The summed E-state index contributed by atoms with van der Waals surface area (Å²) in [6.07, 6.45) is 2.82. The maximum absolute atomic E-state index is 12.0. The molecule has 2 amide bonds. The van der Waals surface area contributed by atoms with Gasteiger partial charge in [-0.1, -0.05) is 35.3 Å². The standard InChI is InChI=1S/C21H22Cl2N2O3S/c22-15-3-8-18(23)19(11-15)29-13-21(27)24-10-9-14-1-6-17(7-2-14)28-12-20(26)25-16-4-5-16/h1-3,6-8,11,16H,4-5,9-10,12-13H2,(H,24,27)(H,25,26). The fraction of sp³-hybridized carbons (Fsp3) is 0.333. The van der Waals surface area contributed by atoms with Crippen LogP contribution in [-0.4, -0.2) is 36.8 Å². The number of nitrogens with one attached hydrogen (secondary N) is 2. The first-order valence-corrected chi connectivity index (χ1v) is 11.1. The molecule has 1 aliphatic carbocycles. The average Bonchev–Trinajstić information content (AvgIpc) is 3.52. The molecule has 1 aliphatic rings. The number of rotatable bonds is 10. The van der Waals surface area contributed by atoms with Crippen LogP contribution in [0.25, 0.3) is 0 Å². The van der Waals surface area contributed by atoms with Crippen molar-refractivity contribution in [2.24, 2.45) is 0 Å². The third-order valence-corrected chi connectivity index (χ3v) is 5.96. The highest BCUT2D eigenvalue weighted by Crippen LogP contribution is 2.29. The lowest BCUT2D eigenvalue weighted by Crippen LogP contribution is -2.30. The number of ether oxygens (including phenoxy) is 1. The minimum absolute atomic E-state index is 0.0280. The Morgan fingerprint density at radius 1 is 1.07 bits per heavy atom. The van der Waals surface area contributed by atoms with E-state index in [0.717, 1.165) is 23.3 Å². The van der Waals surface area contributed by atoms with Crippen molar-refractivity contribution in [1.82, 2.24) is 10.6 Å². The van der Waals surface area contributed by atoms with E-state index in [9.17, 15) is 9.59 Å². The molecule has 29 heavy (non-hydrogen) atoms. The van der Waals surface area contributed by atoms with Crippen LogP contribution in [0.3, 0.4) is 0 Å². The number of thioether (sulfide) groups is 1. The molecule has 0 atom stereocenters. The van der Waals surface area contributed by atoms with Crippen LogP contribution in [0.1, 0.15) is 18.4 Å². The van der Waals surface area contributed by atoms with Crippen LogP contribution in [-0.2, 0) is 16.0 Å². The van der Waals surface area contributed by atoms with E-state index < -0.39 is 0 Å². The summed E-state index contributed by atoms with van der Waals surface area (Å²) in [6.45, 7) is 0.562. The van der Waals surface area contributed by atoms with E-state index >= 15 is 0 Å². The van der Waals surface area contributed by atoms with E-state index in [2.05, 4.69) is 10.6 Å². The van der Waals surface area contributed by atoms with Crippen molar-refractivity contribution in [2.45, 2.75) is 30.2 Å². The summed E-state index contributed by atoms with van der Waals surface area (Å²) in [6, 6.07) is 13.0. The zero-order valence-electron chi connectivity index (χ0n) is 15.8. The van der Waals surface area contributed by atoms with Gasteiger partial charge < -0.3 is 15.4 Å². The Morgan fingerprint density at radius 2 is 1.83 bits per heavy atom. The van der Waals surface area contributed by atoms with Crippen LogP contribution in [0.2, 0.25) is 10.0 Å². The van der Waals surface area contributed by atoms with Gasteiger partial charge >= 0.3 is 0 Å². The molecule has 0 spiro atoms. The Balaban J connectivity index is 1.33. The van der Waals surface area contributed by atoms with Gasteiger partial charge in [-0.15, -0.1) is 11.8 Å². The predicted octanol–water partition coefficient (Wildman–Crippen LogP) is 4.10. The molecule has 2 N–H and O–H groups in total. The van der Waals surface area contributed by atoms with Gasteiger partial charge in [0.2, 0.25) is 5.91 Å². The third-order valence-electron chi connectivity index (χ3n) is 4.22. The summed E-state index contributed by atoms with van der Waals surface area (Å²) in [4.78, 5) is 24.4. The maximum atomic E-state index is 12.0. The van der Waals surface area contributed by atoms with Crippen LogP contribution in [0.5, 0.6) is 5.75 Å². The van der Waals surface area contributed by atoms with Gasteiger partial charge in [0, 0.05) is 22.5 Å². The lowest BCUT2D eigenvalue weighted by molar-refractivity contribution is -0.123. The molecule has 3 rings (SSSR count). The smallest absolute Gasteiger partial charge is 0.258 e. The first-order chi connectivity index (χ1) is 14.0. The molecule has 0 aliphatic heterocycles. The second-order valence-corrected chi connectivity index (χ2v) is 8.60. The number of carbonyl (C=O) groups is 2. The van der Waals surface area contributed by atoms with Gasteiger partial charge in [0.25, 0.3) is 5.91 Å². The molecule has 154 valence electrons. The maximum Gasteiger partial charge on any atom is 0.258 e. The van der Waals surface area contributed by atoms with E-state index in [-0.39, 0.29) is 24.2 Å². The fourth-order valence-corrected chi connectivity index (χ4v) is 3.85. The first kappa shape index (κ1) is 21.8. The molecular weight excluding hydrogens is 431 g/mol. The van der Waals surface area contributed by atoms with Gasteiger partial charge in [0.05, 0.1) is 10.8 Å². The molecule has 0 aromatic heterocycles. The van der Waals surface area contributed by atoms with Gasteiger partial charge in [0.15, 0.2) is 6.61 Å². The lowest BCUT2D eigenvalue weighted by atomic mass is 10.1. The molecule has 0 heterocycles. The third kappa shape index (κ3) is 7.80. The quantitative estimate of drug-likeness (QED) is 0.532. The average molecular weight is 453 g/mol. The van der Waals surface area contributed by atoms with Crippen molar-refractivity contribution in [2.75, 3.05) is 18.9 Å². The SMILES string of the molecule is O=C(CSc1cc(Cl)ccc1Cl)NCCc1ccc(OCC(=O)NC2CC2)cc1. The van der Waals surface area contributed by atoms with E-state index in [0.29, 0.717) is 34.8 Å². The van der Waals surface area contributed by atoms with E-state index in [4.69, 9.17) is 27.9 Å². The summed E-state index contributed by atoms with van der Waals surface area (Å²) in [5.41, 5.74) is 1.07. The second-order valence-electron chi connectivity index (χ2n) is 6.74. The van der Waals surface area contributed by atoms with Crippen LogP contribution in [0.4, 0.5) is 0 Å². The largest absolute Gasteiger partial charge is 0.484 e. The highest BCUT2D eigenvalue weighted by atomic mass is 35.5. The van der Waals surface area contributed by atoms with Gasteiger partial charge in [-0.25, -0.2) is 0 Å². The Bertz CT molecular complexity index is 858. The Hall–Kier alpha value is -1.89. The number of carbonyl (C=O) groups excluding carboxylic acids is 2. The van der Waals surface area contributed by atoms with Gasteiger partial charge in [-0.3, -0.25) is 9.59 Å². The minimum Gasteiger partial charge on any atom is -0.484 e. The van der Waals surface area contributed by atoms with E-state index in [1.54, 1.807) is 18.2 Å². The zero-order valence-corrected chi connectivity index (χ0v) is 18.1. The topological polar surface area (TPSA) is 67.4 Å². The highest BCUT2D eigenvalue weighted by molar-refractivity contribution is 8.00. The van der Waals surface area contributed by atoms with Crippen LogP contribution in [0, 0.1) is 0 Å². The predicted molar refractivity (Wildman–Crippen MR) is 117 cm³/mol. The fourth-order valence-electron chi connectivity index (χ4n) is 2.53. The molecule has 0 unspecified atom stereocenters. The van der Waals surface area contributed by atoms with Crippen molar-refractivity contribution < 1.29 is 14.3 Å². The van der Waals surface area contributed by atoms with E-state index in [1.807, 2.05) is 24.3 Å². The number of benzene rings is 2. The van der Waals surface area contributed by atoms with Crippen molar-refractivity contribution in [3.8, 4) is 5.75 Å². The normalized spacial score (nSPS) is 13.0. The molecule has 0 saturated heterocycles. The Morgan fingerprint density at radius 3 is 2.55 bits per heavy atom. The summed E-state index contributed by atoms with van der Waals surface area (Å²) in [7, 11) is 0. The number of amides is 2. The van der Waals surface area contributed by atoms with Crippen LogP contribution >= 0.6 is 35.0 Å². The zero-order chi connectivity index (χ0) is 20.6. The van der Waals surface area contributed by atoms with Crippen molar-refractivity contribution in [1.29, 1.82) is 0 Å². The first-order valence-electron chi connectivity index (χ1n) is 9.35. The number of hydrogen-bond acceptors (Lipinski definition) is 4. The van der Waals surface area contributed by atoms with Gasteiger partial charge in [-0.2, -0.15) is 0 Å². The Labute approximate surface area is 184 Å². The molecular formula is C21H22Cl2N2O3S. The number of hydrogen-bond donors (Lipinski definition) is 2. The van der Waals surface area contributed by atoms with Crippen LogP contribution in [0.15, 0.2) is 47.4 Å². The van der Waals surface area contributed by atoms with Crippen molar-refractivity contribution in [3.63, 3.8) is 0 Å². The lowest BCUT2D eigenvalue weighted by Gasteiger charge is -2.09. The van der Waals surface area contributed by atoms with E-state index in [1.165, 1.54) is 11.8 Å². The molecule has 2 aromatic carbocycles. The monoisotopic (exact) mass is 452 g/mol. The molecule has 1 fully saturated rings. The number of halogens is 2. The molecule has 2 aromatic rings. The van der Waals surface area contributed by atoms with Crippen molar-refractivity contribution in [3.05, 3.63) is 58.1 Å². The summed E-state index contributed by atoms with van der Waals surface area (Å²) < 4.78 is 5.48. The summed E-state index contributed by atoms with van der Waals surface area (Å²) >= 11 is 13.4. The summed E-state index contributed by atoms with van der Waals surface area (Å²) in [5, 5.41) is 6.95. The summed E-state index contributed by atoms with van der Waals surface area (Å²) in [5.74, 6) is 0.776. The molecule has 0 bridgehead atoms. The van der Waals surface area contributed by atoms with Gasteiger partial charge in [-0.05, 0) is 55.2 Å². The molecule has 0 radical (unpaired) electrons.